The van der Waals surface area contributed by atoms with Crippen molar-refractivity contribution < 1.29 is 14.3 Å². The van der Waals surface area contributed by atoms with E-state index in [1.54, 1.807) is 7.05 Å². The number of ether oxygens (including phenoxy) is 1. The largest absolute Gasteiger partial charge is 0.444 e. The van der Waals surface area contributed by atoms with Crippen molar-refractivity contribution in [3.63, 3.8) is 0 Å². The zero-order valence-corrected chi connectivity index (χ0v) is 17.7. The van der Waals surface area contributed by atoms with Crippen molar-refractivity contribution in [1.29, 1.82) is 0 Å². The molecule has 0 saturated carbocycles. The van der Waals surface area contributed by atoms with Crippen molar-refractivity contribution in [2.75, 3.05) is 20.1 Å². The third-order valence-corrected chi connectivity index (χ3v) is 3.15. The normalized spacial score (nSPS) is 13.8. The van der Waals surface area contributed by atoms with Gasteiger partial charge in [-0.1, -0.05) is 13.8 Å². The van der Waals surface area contributed by atoms with Crippen LogP contribution in [0.1, 0.15) is 55.4 Å². The molecule has 0 aromatic carbocycles. The number of hydrogen-bond acceptors (Lipinski definition) is 4. The first kappa shape index (κ1) is 24.0. The predicted molar refractivity (Wildman–Crippen MR) is 105 cm³/mol. The third-order valence-electron chi connectivity index (χ3n) is 3.15. The van der Waals surface area contributed by atoms with Crippen LogP contribution in [0, 0.1) is 5.92 Å². The van der Waals surface area contributed by atoms with Crippen molar-refractivity contribution in [1.82, 2.24) is 21.3 Å². The van der Waals surface area contributed by atoms with Gasteiger partial charge in [0.1, 0.15) is 5.60 Å². The number of nitrogens with zero attached hydrogens (tertiary/aromatic N) is 1. The molecule has 0 bridgehead atoms. The fraction of sp³-hybridized carbons (Fsp3) is 0.833. The standard InChI is InChI=1S/C18H37N5O3/c1-12(2)13(22-16(25)26-18(6,7)8)10-20-15(19-9)21-11-14(24)23-17(3,4)5/h12-13H,10-11H2,1-9H3,(H,22,25)(H,23,24)(H2,19,20,21). The van der Waals surface area contributed by atoms with E-state index < -0.39 is 11.7 Å². The van der Waals surface area contributed by atoms with E-state index in [2.05, 4.69) is 26.3 Å². The van der Waals surface area contributed by atoms with E-state index in [1.165, 1.54) is 0 Å². The van der Waals surface area contributed by atoms with Crippen LogP contribution in [0.15, 0.2) is 4.99 Å². The number of guanidine groups is 1. The van der Waals surface area contributed by atoms with Gasteiger partial charge in [0.15, 0.2) is 5.96 Å². The molecule has 0 rings (SSSR count). The molecule has 8 nitrogen and oxygen atoms in total. The Morgan fingerprint density at radius 1 is 1.04 bits per heavy atom. The summed E-state index contributed by atoms with van der Waals surface area (Å²) in [6.45, 7) is 15.8. The molecule has 2 amide bonds. The van der Waals surface area contributed by atoms with Crippen LogP contribution in [0.25, 0.3) is 0 Å². The van der Waals surface area contributed by atoms with E-state index in [9.17, 15) is 9.59 Å². The van der Waals surface area contributed by atoms with E-state index >= 15 is 0 Å². The number of nitrogens with one attached hydrogen (secondary N) is 4. The molecule has 1 unspecified atom stereocenters. The Labute approximate surface area is 157 Å². The molecule has 8 heteroatoms. The zero-order valence-electron chi connectivity index (χ0n) is 17.7. The van der Waals surface area contributed by atoms with Crippen LogP contribution in [0.4, 0.5) is 4.79 Å². The smallest absolute Gasteiger partial charge is 0.407 e. The highest BCUT2D eigenvalue weighted by molar-refractivity contribution is 5.86. The second-order valence-electron chi connectivity index (χ2n) is 8.60. The molecular formula is C18H37N5O3. The van der Waals surface area contributed by atoms with E-state index in [0.29, 0.717) is 12.5 Å². The van der Waals surface area contributed by atoms with Crippen molar-refractivity contribution >= 4 is 18.0 Å². The van der Waals surface area contributed by atoms with E-state index in [0.717, 1.165) is 0 Å². The topological polar surface area (TPSA) is 104 Å². The minimum Gasteiger partial charge on any atom is -0.444 e. The minimum absolute atomic E-state index is 0.114. The quantitative estimate of drug-likeness (QED) is 0.420. The van der Waals surface area contributed by atoms with E-state index in [4.69, 9.17) is 4.74 Å². The number of aliphatic imine (C=N–C) groups is 1. The molecule has 0 aliphatic carbocycles. The molecule has 152 valence electrons. The highest BCUT2D eigenvalue weighted by atomic mass is 16.6. The number of carbonyl (C=O) groups excluding carboxylic acids is 2. The summed E-state index contributed by atoms with van der Waals surface area (Å²) >= 11 is 0. The molecule has 0 radical (unpaired) electrons. The van der Waals surface area contributed by atoms with E-state index in [-0.39, 0.29) is 30.0 Å². The second kappa shape index (κ2) is 10.2. The summed E-state index contributed by atoms with van der Waals surface area (Å²) in [5, 5.41) is 11.8. The average molecular weight is 372 g/mol. The molecule has 0 aliphatic rings. The fourth-order valence-corrected chi connectivity index (χ4v) is 1.97. The lowest BCUT2D eigenvalue weighted by Crippen LogP contribution is -2.52. The maximum Gasteiger partial charge on any atom is 0.407 e. The number of amides is 2. The molecule has 26 heavy (non-hydrogen) atoms. The highest BCUT2D eigenvalue weighted by Crippen LogP contribution is 2.08. The first-order chi connectivity index (χ1) is 11.7. The van der Waals surface area contributed by atoms with Crippen LogP contribution >= 0.6 is 0 Å². The SMILES string of the molecule is CN=C(NCC(=O)NC(C)(C)C)NCC(NC(=O)OC(C)(C)C)C(C)C. The van der Waals surface area contributed by atoms with Crippen LogP contribution in [-0.2, 0) is 9.53 Å². The van der Waals surface area contributed by atoms with Gasteiger partial charge in [0.2, 0.25) is 5.91 Å². The molecule has 0 fully saturated rings. The van der Waals surface area contributed by atoms with Crippen LogP contribution in [0.3, 0.4) is 0 Å². The molecule has 1 atom stereocenters. The lowest BCUT2D eigenvalue weighted by Gasteiger charge is -2.26. The molecule has 0 aromatic heterocycles. The van der Waals surface area contributed by atoms with Crippen molar-refractivity contribution in [2.24, 2.45) is 10.9 Å². The Balaban J connectivity index is 4.52. The molecule has 0 heterocycles. The fourth-order valence-electron chi connectivity index (χ4n) is 1.97. The summed E-state index contributed by atoms with van der Waals surface area (Å²) in [6.07, 6.45) is -0.453. The molecule has 4 N–H and O–H groups in total. The highest BCUT2D eigenvalue weighted by Gasteiger charge is 2.21. The Bertz CT molecular complexity index is 490. The van der Waals surface area contributed by atoms with Gasteiger partial charge in [-0.15, -0.1) is 0 Å². The molecule has 0 spiro atoms. The molecule has 0 aliphatic heterocycles. The number of rotatable bonds is 6. The minimum atomic E-state index is -0.545. The van der Waals surface area contributed by atoms with Crippen LogP contribution < -0.4 is 21.3 Å². The van der Waals surface area contributed by atoms with Gasteiger partial charge < -0.3 is 26.0 Å². The third kappa shape index (κ3) is 12.4. The Morgan fingerprint density at radius 2 is 1.62 bits per heavy atom. The van der Waals surface area contributed by atoms with Gasteiger partial charge in [-0.25, -0.2) is 4.79 Å². The summed E-state index contributed by atoms with van der Waals surface area (Å²) < 4.78 is 5.30. The number of hydrogen-bond donors (Lipinski definition) is 4. The summed E-state index contributed by atoms with van der Waals surface area (Å²) in [6, 6.07) is -0.146. The molecule has 0 aromatic rings. The summed E-state index contributed by atoms with van der Waals surface area (Å²) in [5.41, 5.74) is -0.827. The predicted octanol–water partition coefficient (Wildman–Crippen LogP) is 1.62. The van der Waals surface area contributed by atoms with Crippen molar-refractivity contribution in [2.45, 2.75) is 72.6 Å². The zero-order chi connectivity index (χ0) is 20.5. The van der Waals surface area contributed by atoms with Gasteiger partial charge in [0.05, 0.1) is 12.6 Å². The van der Waals surface area contributed by atoms with Gasteiger partial charge in [0.25, 0.3) is 0 Å². The van der Waals surface area contributed by atoms with Crippen LogP contribution in [-0.4, -0.2) is 55.3 Å². The lowest BCUT2D eigenvalue weighted by molar-refractivity contribution is -0.121. The number of alkyl carbamates (subject to hydrolysis) is 1. The van der Waals surface area contributed by atoms with Crippen molar-refractivity contribution in [3.05, 3.63) is 0 Å². The number of carbonyl (C=O) groups is 2. The maximum absolute atomic E-state index is 12.0. The van der Waals surface area contributed by atoms with Crippen LogP contribution in [0.2, 0.25) is 0 Å². The van der Waals surface area contributed by atoms with E-state index in [1.807, 2.05) is 55.4 Å². The van der Waals surface area contributed by atoms with Gasteiger partial charge >= 0.3 is 6.09 Å². The van der Waals surface area contributed by atoms with Crippen LogP contribution in [0.5, 0.6) is 0 Å². The second-order valence-corrected chi connectivity index (χ2v) is 8.60. The maximum atomic E-state index is 12.0. The summed E-state index contributed by atoms with van der Waals surface area (Å²) in [7, 11) is 1.63. The van der Waals surface area contributed by atoms with Crippen molar-refractivity contribution in [3.8, 4) is 0 Å². The van der Waals surface area contributed by atoms with Gasteiger partial charge in [-0.2, -0.15) is 0 Å². The molecular weight excluding hydrogens is 334 g/mol. The molecule has 0 saturated heterocycles. The Kier molecular flexibility index (Phi) is 9.45. The average Bonchev–Trinajstić information content (AvgIpc) is 2.41. The van der Waals surface area contributed by atoms with Gasteiger partial charge in [-0.05, 0) is 47.5 Å². The summed E-state index contributed by atoms with van der Waals surface area (Å²) in [4.78, 5) is 27.9. The Hall–Kier alpha value is -1.99. The lowest BCUT2D eigenvalue weighted by atomic mass is 10.0. The first-order valence-corrected chi connectivity index (χ1v) is 8.98. The first-order valence-electron chi connectivity index (χ1n) is 8.98. The van der Waals surface area contributed by atoms with Gasteiger partial charge in [-0.3, -0.25) is 9.79 Å². The summed E-state index contributed by atoms with van der Waals surface area (Å²) in [5.74, 6) is 0.566. The monoisotopic (exact) mass is 371 g/mol. The van der Waals surface area contributed by atoms with Gasteiger partial charge in [0, 0.05) is 19.1 Å². The Morgan fingerprint density at radius 3 is 2.04 bits per heavy atom.